The minimum Gasteiger partial charge on any atom is -0.481 e. The second-order valence-corrected chi connectivity index (χ2v) is 33.2. The van der Waals surface area contributed by atoms with Crippen molar-refractivity contribution in [2.45, 2.75) is 170 Å². The number of carboxylic acids is 6. The summed E-state index contributed by atoms with van der Waals surface area (Å²) in [6.45, 7) is 2.18. The number of carboxylic acid groups (broad SMARTS) is 6. The third-order valence-corrected chi connectivity index (χ3v) is 22.7. The fourth-order valence-electron chi connectivity index (χ4n) is 14.6. The van der Waals surface area contributed by atoms with E-state index in [0.29, 0.717) is 28.5 Å². The van der Waals surface area contributed by atoms with Crippen molar-refractivity contribution in [2.75, 3.05) is 115 Å². The van der Waals surface area contributed by atoms with E-state index in [1.807, 2.05) is 0 Å². The highest BCUT2D eigenvalue weighted by Gasteiger charge is 2.42. The number of thiol groups is 3. The predicted molar refractivity (Wildman–Crippen MR) is 484 cm³/mol. The van der Waals surface area contributed by atoms with Gasteiger partial charge in [0.15, 0.2) is 5.96 Å². The number of nitrogens with zero attached hydrogens (tertiary/aromatic N) is 6. The third-order valence-electron chi connectivity index (χ3n) is 21.6. The maximum absolute atomic E-state index is 15.3. The van der Waals surface area contributed by atoms with Crippen LogP contribution in [0.2, 0.25) is 0 Å². The summed E-state index contributed by atoms with van der Waals surface area (Å²) in [5, 5.41) is 97.0. The molecule has 2 fully saturated rings. The van der Waals surface area contributed by atoms with Crippen molar-refractivity contribution in [3.63, 3.8) is 0 Å². The van der Waals surface area contributed by atoms with E-state index in [2.05, 4.69) is 117 Å². The number of hydrogen-bond acceptors (Lipinski definition) is 28. The van der Waals surface area contributed by atoms with Crippen molar-refractivity contribution in [1.82, 2.24) is 103 Å². The molecule has 12 amide bonds. The molecule has 4 aromatic rings. The summed E-state index contributed by atoms with van der Waals surface area (Å²) in [6.07, 6.45) is 1.56. The Morgan fingerprint density at radius 2 is 0.924 bits per heavy atom. The lowest BCUT2D eigenvalue weighted by Gasteiger charge is -2.33. The number of carbonyl (C=O) groups is 18. The summed E-state index contributed by atoms with van der Waals surface area (Å²) in [7, 11) is 0. The van der Waals surface area contributed by atoms with Crippen LogP contribution in [0.5, 0.6) is 0 Å². The number of aromatic amines is 2. The normalized spacial score (nSPS) is 16.7. The van der Waals surface area contributed by atoms with Crippen LogP contribution in [0.4, 0.5) is 0 Å². The average Bonchev–Trinajstić information content (AvgIpc) is 1.69. The Morgan fingerprint density at radius 1 is 0.477 bits per heavy atom. The number of fused-ring (bicyclic) bond motifs is 1. The number of nitrogens with one attached hydrogen (secondary N) is 15. The molecule has 0 bridgehead atoms. The van der Waals surface area contributed by atoms with E-state index in [9.17, 15) is 97.8 Å². The summed E-state index contributed by atoms with van der Waals surface area (Å²) in [4.78, 5) is 263. The number of carbonyl (C=O) groups excluding carboxylic acids is 12. The molecule has 2 saturated heterocycles. The lowest BCUT2D eigenvalue weighted by Crippen LogP contribution is -2.61. The second kappa shape index (κ2) is 55.8. The number of aliphatic carboxylic acids is 6. The molecular formula is C82H121N23O24S3. The van der Waals surface area contributed by atoms with Gasteiger partial charge in [-0.15, -0.1) is 0 Å². The van der Waals surface area contributed by atoms with E-state index in [4.69, 9.17) is 16.9 Å². The highest BCUT2D eigenvalue weighted by molar-refractivity contribution is 7.80. The minimum absolute atomic E-state index is 0.00161. The zero-order valence-electron chi connectivity index (χ0n) is 73.1. The molecule has 0 aliphatic carbocycles. The first-order valence-electron chi connectivity index (χ1n) is 42.8. The van der Waals surface area contributed by atoms with Crippen LogP contribution in [0, 0.1) is 11.3 Å². The Kier molecular flexibility index (Phi) is 45.9. The molecule has 50 heteroatoms. The standard InChI is InChI=1S/C82H121N23O24S3/c1-46(2)69(79(126)97-58(81(128)129)35-65(109)110)100-78(125)62-18-11-23-105(62)80(127)54(16-8-9-21-83)93-77(124)61(44-132)98-73(120)56(33-48-36-88-51-15-7-6-14-50(48)51)95-70(117)52(17-10-22-87-82(84)85)91-72(119)55(32-47-12-4-3-5-13-47)94-74(121)57(34-49-37-86-45-89-49)96-71(118)53(19-20-64(107)108)92-76(123)60(43-131)99-75(122)59(42-130)90-63(106)38-101-24-26-102(39-66(111)112)28-30-104(41-68(115)116)31-29-103(27-25-101)40-67(113)114/h3-7,12-15,36-37,45-46,52-62,69,88,130-132H,8-11,16-35,38-44,83H2,1-2H3,(H,86,89)(H,90,106)(H,91,119)(H,92,123)(H,93,124)(H,94,121)(H,95,117)(H,96,118)(H,97,126)(H,98,120)(H,99,122)(H,100,125)(H,107,108)(H,109,110)(H,111,112)(H,113,114)(H,115,116)(H,128,129)(H4,84,85,87)/t52-,53-,54-,55+,56-,57-,58-,59-,60-,61-,62-,69-/m0/s1. The molecule has 0 unspecified atom stereocenters. The molecular weight excluding hydrogens is 1790 g/mol. The number of imidazole rings is 1. The Hall–Kier alpha value is -12.2. The molecule has 726 valence electrons. The van der Waals surface area contributed by atoms with Crippen LogP contribution in [0.15, 0.2) is 73.3 Å². The first-order valence-corrected chi connectivity index (χ1v) is 44.7. The van der Waals surface area contributed by atoms with Gasteiger partial charge in [-0.2, -0.15) is 37.9 Å². The average molecular weight is 1910 g/mol. The molecule has 0 spiro atoms. The Bertz CT molecular complexity index is 4580. The van der Waals surface area contributed by atoms with Crippen molar-refractivity contribution in [1.29, 1.82) is 5.41 Å². The molecule has 0 radical (unpaired) electrons. The van der Waals surface area contributed by atoms with Crippen LogP contribution < -0.4 is 75.3 Å². The van der Waals surface area contributed by atoms with E-state index in [-0.39, 0.29) is 135 Å². The zero-order valence-corrected chi connectivity index (χ0v) is 75.7. The predicted octanol–water partition coefficient (Wildman–Crippen LogP) is -6.02. The monoisotopic (exact) mass is 1910 g/mol. The molecule has 2 aliphatic heterocycles. The topological polar surface area (TPSA) is 710 Å². The van der Waals surface area contributed by atoms with Crippen LogP contribution in [0.3, 0.4) is 0 Å². The van der Waals surface area contributed by atoms with Crippen molar-refractivity contribution in [3.05, 3.63) is 90.1 Å². The van der Waals surface area contributed by atoms with Gasteiger partial charge in [-0.05, 0) is 81.0 Å². The van der Waals surface area contributed by atoms with E-state index in [0.717, 1.165) is 0 Å². The molecule has 25 N–H and O–H groups in total. The first kappa shape index (κ1) is 109. The van der Waals surface area contributed by atoms with E-state index >= 15 is 19.2 Å². The molecule has 2 aliphatic rings. The van der Waals surface area contributed by atoms with Gasteiger partial charge >= 0.3 is 35.8 Å². The quantitative estimate of drug-likeness (QED) is 0.00847. The number of hydrogen-bond donors (Lipinski definition) is 26. The molecule has 132 heavy (non-hydrogen) atoms. The van der Waals surface area contributed by atoms with Crippen LogP contribution in [0.25, 0.3) is 10.9 Å². The van der Waals surface area contributed by atoms with Crippen molar-refractivity contribution in [2.24, 2.45) is 17.4 Å². The van der Waals surface area contributed by atoms with Crippen LogP contribution in [0.1, 0.15) is 94.9 Å². The summed E-state index contributed by atoms with van der Waals surface area (Å²) < 4.78 is 0. The molecule has 47 nitrogen and oxygen atoms in total. The van der Waals surface area contributed by atoms with E-state index < -0.39 is 254 Å². The lowest BCUT2D eigenvalue weighted by atomic mass is 10.0. The van der Waals surface area contributed by atoms with Crippen LogP contribution in [-0.2, 0) is 106 Å². The number of para-hydroxylation sites is 1. The van der Waals surface area contributed by atoms with Crippen molar-refractivity contribution >= 4 is 161 Å². The lowest BCUT2D eigenvalue weighted by molar-refractivity contribution is -0.147. The van der Waals surface area contributed by atoms with Crippen molar-refractivity contribution in [3.8, 4) is 0 Å². The van der Waals surface area contributed by atoms with Gasteiger partial charge < -0.3 is 121 Å². The summed E-state index contributed by atoms with van der Waals surface area (Å²) in [5.74, 6) is -22.0. The third kappa shape index (κ3) is 37.2. The Labute approximate surface area is 775 Å². The highest BCUT2D eigenvalue weighted by atomic mass is 32.1. The van der Waals surface area contributed by atoms with Crippen LogP contribution in [-0.4, -0.2) is 371 Å². The molecule has 4 heterocycles. The fourth-order valence-corrected chi connectivity index (χ4v) is 15.4. The number of amides is 12. The van der Waals surface area contributed by atoms with Gasteiger partial charge in [0, 0.05) is 132 Å². The van der Waals surface area contributed by atoms with Crippen molar-refractivity contribution < 1.29 is 117 Å². The Morgan fingerprint density at radius 3 is 1.40 bits per heavy atom. The van der Waals surface area contributed by atoms with Gasteiger partial charge in [-0.3, -0.25) is 107 Å². The maximum atomic E-state index is 15.3. The largest absolute Gasteiger partial charge is 0.481 e. The smallest absolute Gasteiger partial charge is 0.326 e. The second-order valence-electron chi connectivity index (χ2n) is 32.1. The number of rotatable bonds is 54. The fraction of sp³-hybridized carbons (Fsp3) is 0.561. The summed E-state index contributed by atoms with van der Waals surface area (Å²) >= 11 is 13.0. The zero-order chi connectivity index (χ0) is 97.3. The van der Waals surface area contributed by atoms with Gasteiger partial charge in [0.1, 0.15) is 72.5 Å². The number of unbranched alkanes of at least 4 members (excludes halogenated alkanes) is 1. The van der Waals surface area contributed by atoms with Gasteiger partial charge in [-0.25, -0.2) is 9.78 Å². The highest BCUT2D eigenvalue weighted by Crippen LogP contribution is 2.24. The van der Waals surface area contributed by atoms with Crippen LogP contribution >= 0.6 is 37.9 Å². The minimum atomic E-state index is -1.84. The van der Waals surface area contributed by atoms with E-state index in [1.165, 1.54) is 17.4 Å². The number of H-pyrrole nitrogens is 2. The van der Waals surface area contributed by atoms with Gasteiger partial charge in [0.2, 0.25) is 70.9 Å². The molecule has 0 saturated carbocycles. The number of benzene rings is 2. The van der Waals surface area contributed by atoms with Gasteiger partial charge in [0.25, 0.3) is 0 Å². The summed E-state index contributed by atoms with van der Waals surface area (Å²) in [6, 6.07) is -3.75. The van der Waals surface area contributed by atoms with Gasteiger partial charge in [-0.1, -0.05) is 62.4 Å². The van der Waals surface area contributed by atoms with Gasteiger partial charge in [0.05, 0.1) is 44.6 Å². The first-order chi connectivity index (χ1) is 62.8. The number of aromatic nitrogens is 3. The molecule has 2 aromatic carbocycles. The van der Waals surface area contributed by atoms with E-state index in [1.54, 1.807) is 94.2 Å². The number of guanidine groups is 1. The maximum Gasteiger partial charge on any atom is 0.326 e. The number of nitrogens with two attached hydrogens (primary N) is 2. The summed E-state index contributed by atoms with van der Waals surface area (Å²) in [5.41, 5.74) is 13.2. The Balaban J connectivity index is 1.23. The number of likely N-dealkylation sites (tertiary alicyclic amines) is 1. The SMILES string of the molecule is CC(C)[C@H](NC(=O)[C@@H]1CCCN1C(=O)[C@H](CCCCN)NC(=O)[C@H](CS)NC(=O)[C@H](Cc1c[nH]c2ccccc12)NC(=O)[C@H](CCCNC(=N)N)NC(=O)[C@@H](Cc1ccccc1)NC(=O)[C@H](Cc1c[nH]cn1)NC(=O)[C@H](CCC(=O)O)NC(=O)[C@H](CS)NC(=O)[C@H](CS)NC(=O)CN1CCN(CC(=O)O)CCN(CC(=O)O)CCN(CC(=O)O)CC1)C(=O)N[C@@H](CC(=O)O)C(=O)O. The molecule has 2 aromatic heterocycles. The molecule has 12 atom stereocenters. The molecule has 6 rings (SSSR count).